The Hall–Kier alpha value is -3.10. The second kappa shape index (κ2) is 8.50. The third kappa shape index (κ3) is 4.33. The van der Waals surface area contributed by atoms with E-state index in [9.17, 15) is 9.59 Å². The fourth-order valence-corrected chi connectivity index (χ4v) is 4.03. The molecule has 4 rings (SSSR count). The Morgan fingerprint density at radius 1 is 0.966 bits per heavy atom. The van der Waals surface area contributed by atoms with Crippen LogP contribution < -0.4 is 0 Å². The molecule has 29 heavy (non-hydrogen) atoms. The molecule has 0 unspecified atom stereocenters. The summed E-state index contributed by atoms with van der Waals surface area (Å²) in [5.41, 5.74) is 1.55. The first-order valence-electron chi connectivity index (χ1n) is 10.0. The van der Waals surface area contributed by atoms with Crippen molar-refractivity contribution in [1.82, 2.24) is 9.96 Å². The number of piperidine rings is 1. The van der Waals surface area contributed by atoms with Crippen LogP contribution in [0.3, 0.4) is 0 Å². The van der Waals surface area contributed by atoms with Crippen molar-refractivity contribution in [1.29, 1.82) is 0 Å². The smallest absolute Gasteiger partial charge is 0.298 e. The van der Waals surface area contributed by atoms with Crippen LogP contribution in [0.1, 0.15) is 36.8 Å². The maximum absolute atomic E-state index is 12.5. The number of benzene rings is 2. The van der Waals surface area contributed by atoms with Crippen LogP contribution in [0.5, 0.6) is 0 Å². The maximum Gasteiger partial charge on any atom is 0.298 e. The lowest BCUT2D eigenvalue weighted by Crippen LogP contribution is -2.53. The zero-order valence-corrected chi connectivity index (χ0v) is 16.3. The summed E-state index contributed by atoms with van der Waals surface area (Å²) in [4.78, 5) is 32.6. The Kier molecular flexibility index (Phi) is 5.64. The van der Waals surface area contributed by atoms with Crippen LogP contribution in [0, 0.1) is 11.8 Å². The second-order valence-electron chi connectivity index (χ2n) is 7.58. The van der Waals surface area contributed by atoms with E-state index in [-0.39, 0.29) is 17.4 Å². The number of likely N-dealkylation sites (tertiary alicyclic amines) is 1. The number of hydrogen-bond acceptors (Lipinski definition) is 3. The zero-order valence-electron chi connectivity index (χ0n) is 16.3. The molecule has 2 aromatic rings. The number of nitrogens with zero attached hydrogens (tertiary/aromatic N) is 2. The van der Waals surface area contributed by atoms with Crippen LogP contribution in [-0.4, -0.2) is 40.4 Å². The Bertz CT molecular complexity index is 923. The molecular weight excluding hydrogens is 364 g/mol. The minimum Gasteiger partial charge on any atom is -0.332 e. The van der Waals surface area contributed by atoms with Crippen LogP contribution in [0.4, 0.5) is 0 Å². The minimum absolute atomic E-state index is 0.0320. The van der Waals surface area contributed by atoms with Gasteiger partial charge in [-0.15, -0.1) is 0 Å². The largest absolute Gasteiger partial charge is 0.332 e. The van der Waals surface area contributed by atoms with E-state index in [2.05, 4.69) is 11.8 Å². The van der Waals surface area contributed by atoms with Gasteiger partial charge in [-0.3, -0.25) is 14.4 Å². The monoisotopic (exact) mass is 388 g/mol. The molecule has 1 spiro atoms. The number of amides is 2. The highest BCUT2D eigenvalue weighted by Crippen LogP contribution is 2.39. The molecule has 148 valence electrons. The van der Waals surface area contributed by atoms with Gasteiger partial charge in [-0.1, -0.05) is 54.5 Å². The van der Waals surface area contributed by atoms with Gasteiger partial charge in [0.2, 0.25) is 5.91 Å². The van der Waals surface area contributed by atoms with Crippen LogP contribution in [0.2, 0.25) is 0 Å². The third-order valence-electron chi connectivity index (χ3n) is 5.73. The summed E-state index contributed by atoms with van der Waals surface area (Å²) in [6.45, 7) is 1.54. The summed E-state index contributed by atoms with van der Waals surface area (Å²) in [7, 11) is 0. The fourth-order valence-electron chi connectivity index (χ4n) is 4.03. The lowest BCUT2D eigenvalue weighted by molar-refractivity contribution is -0.222. The van der Waals surface area contributed by atoms with E-state index in [0.717, 1.165) is 17.5 Å². The van der Waals surface area contributed by atoms with Crippen molar-refractivity contribution in [2.75, 3.05) is 13.1 Å². The van der Waals surface area contributed by atoms with Gasteiger partial charge in [0.15, 0.2) is 0 Å². The first-order chi connectivity index (χ1) is 14.2. The summed E-state index contributed by atoms with van der Waals surface area (Å²) >= 11 is 0. The van der Waals surface area contributed by atoms with Gasteiger partial charge in [-0.05, 0) is 37.0 Å². The van der Waals surface area contributed by atoms with Crippen molar-refractivity contribution in [3.05, 3.63) is 71.8 Å². The third-order valence-corrected chi connectivity index (χ3v) is 5.73. The summed E-state index contributed by atoms with van der Waals surface area (Å²) in [5, 5.41) is 1.59. The molecule has 2 heterocycles. The van der Waals surface area contributed by atoms with E-state index < -0.39 is 0 Å². The normalized spacial score (nSPS) is 17.9. The predicted octanol–water partition coefficient (Wildman–Crippen LogP) is 3.15. The first kappa shape index (κ1) is 19.2. The van der Waals surface area contributed by atoms with E-state index >= 15 is 0 Å². The van der Waals surface area contributed by atoms with Gasteiger partial charge < -0.3 is 4.90 Å². The van der Waals surface area contributed by atoms with Crippen LogP contribution in [0.15, 0.2) is 60.7 Å². The molecule has 0 N–H and O–H groups in total. The SMILES string of the molecule is O=C(C#Cc1ccccc1)N1CCC2(CCC(=O)N2OCc2ccccc2)CC1. The molecule has 5 heteroatoms. The zero-order chi connectivity index (χ0) is 20.1. The average Bonchev–Trinajstić information content (AvgIpc) is 3.07. The van der Waals surface area contributed by atoms with Crippen LogP contribution in [0.25, 0.3) is 0 Å². The molecule has 2 aliphatic heterocycles. The molecule has 0 atom stereocenters. The maximum atomic E-state index is 12.5. The van der Waals surface area contributed by atoms with E-state index in [1.807, 2.05) is 60.7 Å². The molecule has 2 amide bonds. The van der Waals surface area contributed by atoms with E-state index in [1.54, 1.807) is 9.96 Å². The lowest BCUT2D eigenvalue weighted by Gasteiger charge is -2.43. The Morgan fingerprint density at radius 3 is 2.31 bits per heavy atom. The standard InChI is InChI=1S/C24H24N2O3/c27-22(12-11-20-7-3-1-4-8-20)25-17-15-24(16-18-25)14-13-23(28)26(24)29-19-21-9-5-2-6-10-21/h1-10H,13-19H2. The Labute approximate surface area is 171 Å². The molecule has 2 saturated heterocycles. The number of hydrogen-bond donors (Lipinski definition) is 0. The highest BCUT2D eigenvalue weighted by atomic mass is 16.7. The molecule has 0 bridgehead atoms. The Balaban J connectivity index is 1.37. The van der Waals surface area contributed by atoms with Gasteiger partial charge in [0, 0.05) is 31.0 Å². The fraction of sp³-hybridized carbons (Fsp3) is 0.333. The number of hydroxylamine groups is 2. The molecule has 2 aromatic carbocycles. The van der Waals surface area contributed by atoms with Crippen molar-refractivity contribution in [2.45, 2.75) is 37.8 Å². The van der Waals surface area contributed by atoms with Gasteiger partial charge in [0.05, 0.1) is 5.54 Å². The summed E-state index contributed by atoms with van der Waals surface area (Å²) < 4.78 is 0. The molecule has 0 saturated carbocycles. The molecular formula is C24H24N2O3. The number of rotatable bonds is 3. The van der Waals surface area contributed by atoms with Gasteiger partial charge in [-0.25, -0.2) is 5.06 Å². The summed E-state index contributed by atoms with van der Waals surface area (Å²) in [6, 6.07) is 19.3. The summed E-state index contributed by atoms with van der Waals surface area (Å²) in [5.74, 6) is 5.54. The topological polar surface area (TPSA) is 49.9 Å². The first-order valence-corrected chi connectivity index (χ1v) is 10.0. The lowest BCUT2D eigenvalue weighted by atomic mass is 9.86. The van der Waals surface area contributed by atoms with Crippen molar-refractivity contribution in [3.8, 4) is 11.8 Å². The Morgan fingerprint density at radius 2 is 1.62 bits per heavy atom. The van der Waals surface area contributed by atoms with Crippen LogP contribution >= 0.6 is 0 Å². The highest BCUT2D eigenvalue weighted by Gasteiger charge is 2.48. The van der Waals surface area contributed by atoms with Crippen molar-refractivity contribution in [3.63, 3.8) is 0 Å². The highest BCUT2D eigenvalue weighted by molar-refractivity contribution is 5.94. The average molecular weight is 388 g/mol. The predicted molar refractivity (Wildman–Crippen MR) is 109 cm³/mol. The van der Waals surface area contributed by atoms with Gasteiger partial charge in [0.25, 0.3) is 5.91 Å². The van der Waals surface area contributed by atoms with Crippen molar-refractivity contribution >= 4 is 11.8 Å². The summed E-state index contributed by atoms with van der Waals surface area (Å²) in [6.07, 6.45) is 2.70. The quantitative estimate of drug-likeness (QED) is 0.759. The molecule has 0 aromatic heterocycles. The van der Waals surface area contributed by atoms with Gasteiger partial charge in [-0.2, -0.15) is 0 Å². The van der Waals surface area contributed by atoms with Crippen molar-refractivity contribution in [2.24, 2.45) is 0 Å². The van der Waals surface area contributed by atoms with E-state index in [1.165, 1.54) is 0 Å². The van der Waals surface area contributed by atoms with E-state index in [0.29, 0.717) is 39.0 Å². The number of carbonyl (C=O) groups is 2. The second-order valence-corrected chi connectivity index (χ2v) is 7.58. The molecule has 2 aliphatic rings. The minimum atomic E-state index is -0.310. The van der Waals surface area contributed by atoms with Gasteiger partial charge in [0.1, 0.15) is 6.61 Å². The number of carbonyl (C=O) groups excluding carboxylic acids is 2. The molecule has 5 nitrogen and oxygen atoms in total. The molecule has 2 fully saturated rings. The van der Waals surface area contributed by atoms with E-state index in [4.69, 9.17) is 4.84 Å². The van der Waals surface area contributed by atoms with Crippen LogP contribution in [-0.2, 0) is 21.0 Å². The molecule has 0 radical (unpaired) electrons. The van der Waals surface area contributed by atoms with Crippen molar-refractivity contribution < 1.29 is 14.4 Å². The molecule has 0 aliphatic carbocycles. The van der Waals surface area contributed by atoms with Gasteiger partial charge >= 0.3 is 0 Å².